The maximum absolute atomic E-state index is 4.26. The van der Waals surface area contributed by atoms with Crippen molar-refractivity contribution < 1.29 is 0 Å². The van der Waals surface area contributed by atoms with E-state index in [1.807, 2.05) is 24.4 Å². The van der Waals surface area contributed by atoms with Gasteiger partial charge in [-0.1, -0.05) is 12.1 Å². The Kier molecular flexibility index (Phi) is 2.00. The zero-order valence-electron chi connectivity index (χ0n) is 6.74. The zero-order valence-corrected chi connectivity index (χ0v) is 7.56. The molecule has 1 radical (unpaired) electrons. The molecule has 1 aromatic carbocycles. The van der Waals surface area contributed by atoms with Crippen molar-refractivity contribution in [3.63, 3.8) is 0 Å². The van der Waals surface area contributed by atoms with Crippen molar-refractivity contribution in [2.24, 2.45) is 0 Å². The van der Waals surface area contributed by atoms with Crippen LogP contribution in [-0.2, 0) is 0 Å². The van der Waals surface area contributed by atoms with Gasteiger partial charge in [0.05, 0.1) is 5.52 Å². The van der Waals surface area contributed by atoms with Crippen molar-refractivity contribution in [2.45, 2.75) is 4.90 Å². The number of thioether (sulfide) groups is 1. The van der Waals surface area contributed by atoms with Crippen molar-refractivity contribution >= 4 is 22.7 Å². The van der Waals surface area contributed by atoms with E-state index in [2.05, 4.69) is 23.4 Å². The molecule has 0 spiro atoms. The second-order valence-electron chi connectivity index (χ2n) is 2.45. The Morgan fingerprint density at radius 3 is 3.17 bits per heavy atom. The maximum Gasteiger partial charge on any atom is 0.0713 e. The van der Waals surface area contributed by atoms with Gasteiger partial charge in [-0.05, 0) is 24.5 Å². The molecule has 1 heterocycles. The summed E-state index contributed by atoms with van der Waals surface area (Å²) in [6.45, 7) is 0. The molecule has 0 bridgehead atoms. The zero-order chi connectivity index (χ0) is 8.39. The molecule has 0 fully saturated rings. The van der Waals surface area contributed by atoms with Crippen LogP contribution in [0.3, 0.4) is 0 Å². The number of benzene rings is 1. The van der Waals surface area contributed by atoms with Gasteiger partial charge in [0.15, 0.2) is 0 Å². The summed E-state index contributed by atoms with van der Waals surface area (Å²) in [5.74, 6) is 0. The minimum Gasteiger partial charge on any atom is -0.256 e. The minimum atomic E-state index is 1.04. The number of aromatic nitrogens is 1. The van der Waals surface area contributed by atoms with Crippen molar-refractivity contribution in [3.05, 3.63) is 36.5 Å². The molecule has 0 atom stereocenters. The second kappa shape index (κ2) is 3.15. The summed E-state index contributed by atoms with van der Waals surface area (Å²) in [5, 5.41) is 1.19. The average Bonchev–Trinajstić information content (AvgIpc) is 2.17. The van der Waals surface area contributed by atoms with Gasteiger partial charge in [0.2, 0.25) is 0 Å². The number of nitrogens with zero attached hydrogens (tertiary/aromatic N) is 1. The molecule has 0 amide bonds. The summed E-state index contributed by atoms with van der Waals surface area (Å²) < 4.78 is 0. The van der Waals surface area contributed by atoms with Gasteiger partial charge in [-0.3, -0.25) is 4.98 Å². The third kappa shape index (κ3) is 1.18. The SMILES string of the molecule is CSc1[c]ccc2ncccc12. The van der Waals surface area contributed by atoms with Crippen LogP contribution in [0.15, 0.2) is 35.4 Å². The lowest BCUT2D eigenvalue weighted by Gasteiger charge is -2.00. The Morgan fingerprint density at radius 1 is 1.42 bits per heavy atom. The summed E-state index contributed by atoms with van der Waals surface area (Å²) in [4.78, 5) is 5.42. The first-order valence-corrected chi connectivity index (χ1v) is 4.93. The van der Waals surface area contributed by atoms with Crippen molar-refractivity contribution in [3.8, 4) is 0 Å². The van der Waals surface area contributed by atoms with Crippen molar-refractivity contribution in [1.82, 2.24) is 4.98 Å². The Balaban J connectivity index is 2.79. The second-order valence-corrected chi connectivity index (χ2v) is 3.26. The van der Waals surface area contributed by atoms with Crippen LogP contribution in [0.4, 0.5) is 0 Å². The molecule has 0 aliphatic carbocycles. The van der Waals surface area contributed by atoms with Crippen LogP contribution in [0.1, 0.15) is 0 Å². The highest BCUT2D eigenvalue weighted by Gasteiger charge is 1.97. The largest absolute Gasteiger partial charge is 0.256 e. The maximum atomic E-state index is 4.26. The van der Waals surface area contributed by atoms with Gasteiger partial charge < -0.3 is 0 Å². The van der Waals surface area contributed by atoms with E-state index in [4.69, 9.17) is 0 Å². The first kappa shape index (κ1) is 7.62. The number of fused-ring (bicyclic) bond motifs is 1. The Morgan fingerprint density at radius 2 is 2.33 bits per heavy atom. The van der Waals surface area contributed by atoms with Crippen LogP contribution < -0.4 is 0 Å². The van der Waals surface area contributed by atoms with Gasteiger partial charge >= 0.3 is 0 Å². The molecular weight excluding hydrogens is 166 g/mol. The molecule has 12 heavy (non-hydrogen) atoms. The molecule has 0 aliphatic heterocycles. The molecule has 0 unspecified atom stereocenters. The van der Waals surface area contributed by atoms with E-state index in [-0.39, 0.29) is 0 Å². The van der Waals surface area contributed by atoms with Crippen LogP contribution in [0.5, 0.6) is 0 Å². The van der Waals surface area contributed by atoms with Crippen LogP contribution in [0, 0.1) is 6.07 Å². The number of hydrogen-bond donors (Lipinski definition) is 0. The molecule has 1 nitrogen and oxygen atoms in total. The smallest absolute Gasteiger partial charge is 0.0713 e. The number of pyridine rings is 1. The molecule has 0 saturated carbocycles. The number of rotatable bonds is 1. The van der Waals surface area contributed by atoms with Gasteiger partial charge in [0, 0.05) is 16.5 Å². The highest BCUT2D eigenvalue weighted by molar-refractivity contribution is 7.98. The molecule has 0 aliphatic rings. The Bertz CT molecular complexity index is 392. The first-order valence-electron chi connectivity index (χ1n) is 3.71. The van der Waals surface area contributed by atoms with E-state index < -0.39 is 0 Å². The molecule has 0 N–H and O–H groups in total. The summed E-state index contributed by atoms with van der Waals surface area (Å²) >= 11 is 1.70. The highest BCUT2D eigenvalue weighted by atomic mass is 32.2. The highest BCUT2D eigenvalue weighted by Crippen LogP contribution is 2.23. The summed E-state index contributed by atoms with van der Waals surface area (Å²) in [5.41, 5.74) is 1.04. The van der Waals surface area contributed by atoms with Gasteiger partial charge in [-0.2, -0.15) is 0 Å². The van der Waals surface area contributed by atoms with Gasteiger partial charge in [0.25, 0.3) is 0 Å². The molecular formula is C10H8NS. The molecule has 2 rings (SSSR count). The fraction of sp³-hybridized carbons (Fsp3) is 0.100. The molecule has 0 saturated heterocycles. The van der Waals surface area contributed by atoms with Gasteiger partial charge in [-0.15, -0.1) is 11.8 Å². The van der Waals surface area contributed by atoms with E-state index in [1.54, 1.807) is 11.8 Å². The lowest BCUT2D eigenvalue weighted by Crippen LogP contribution is -1.79. The van der Waals surface area contributed by atoms with E-state index in [0.29, 0.717) is 0 Å². The fourth-order valence-electron chi connectivity index (χ4n) is 1.19. The monoisotopic (exact) mass is 174 g/mol. The standard InChI is InChI=1S/C10H8NS/c1-12-10-6-2-5-9-8(10)4-3-7-11-9/h2-5,7H,1H3. The summed E-state index contributed by atoms with van der Waals surface area (Å²) in [6.07, 6.45) is 3.87. The molecule has 2 heteroatoms. The van der Waals surface area contributed by atoms with Gasteiger partial charge in [0.1, 0.15) is 0 Å². The quantitative estimate of drug-likeness (QED) is 0.616. The van der Waals surface area contributed by atoms with Crippen LogP contribution in [-0.4, -0.2) is 11.2 Å². The third-order valence-electron chi connectivity index (χ3n) is 1.74. The normalized spacial score (nSPS) is 10.4. The fourth-order valence-corrected chi connectivity index (χ4v) is 1.76. The van der Waals surface area contributed by atoms with Crippen LogP contribution in [0.2, 0.25) is 0 Å². The average molecular weight is 174 g/mol. The Labute approximate surface area is 75.8 Å². The van der Waals surface area contributed by atoms with Crippen molar-refractivity contribution in [1.29, 1.82) is 0 Å². The lowest BCUT2D eigenvalue weighted by molar-refractivity contribution is 1.38. The first-order chi connectivity index (χ1) is 5.92. The summed E-state index contributed by atoms with van der Waals surface area (Å²) in [7, 11) is 0. The lowest BCUT2D eigenvalue weighted by atomic mass is 10.2. The van der Waals surface area contributed by atoms with E-state index in [1.165, 1.54) is 10.3 Å². The molecule has 1 aromatic heterocycles. The third-order valence-corrected chi connectivity index (χ3v) is 2.49. The summed E-state index contributed by atoms with van der Waals surface area (Å²) in [6, 6.07) is 11.1. The van der Waals surface area contributed by atoms with E-state index in [9.17, 15) is 0 Å². The topological polar surface area (TPSA) is 12.9 Å². The predicted molar refractivity (Wildman–Crippen MR) is 52.4 cm³/mol. The number of hydrogen-bond acceptors (Lipinski definition) is 2. The van der Waals surface area contributed by atoms with Crippen LogP contribution in [0.25, 0.3) is 10.9 Å². The Hall–Kier alpha value is -1.02. The molecule has 59 valence electrons. The van der Waals surface area contributed by atoms with Crippen molar-refractivity contribution in [2.75, 3.05) is 6.26 Å². The predicted octanol–water partition coefficient (Wildman–Crippen LogP) is 2.76. The van der Waals surface area contributed by atoms with Gasteiger partial charge in [-0.25, -0.2) is 0 Å². The minimum absolute atomic E-state index is 1.04. The van der Waals surface area contributed by atoms with E-state index >= 15 is 0 Å². The van der Waals surface area contributed by atoms with E-state index in [0.717, 1.165) is 5.52 Å². The van der Waals surface area contributed by atoms with Crippen LogP contribution >= 0.6 is 11.8 Å². The molecule has 2 aromatic rings.